The summed E-state index contributed by atoms with van der Waals surface area (Å²) in [5.41, 5.74) is -0.108. The molecule has 0 aromatic rings. The second-order valence-electron chi connectivity index (χ2n) is 6.53. The van der Waals surface area contributed by atoms with Crippen molar-refractivity contribution in [3.63, 3.8) is 0 Å². The van der Waals surface area contributed by atoms with Crippen molar-refractivity contribution in [2.24, 2.45) is 11.3 Å². The van der Waals surface area contributed by atoms with Gasteiger partial charge in [-0.05, 0) is 24.7 Å². The van der Waals surface area contributed by atoms with Crippen molar-refractivity contribution in [1.82, 2.24) is 10.2 Å². The van der Waals surface area contributed by atoms with Gasteiger partial charge in [0.15, 0.2) is 0 Å². The third-order valence-electron chi connectivity index (χ3n) is 4.05. The molecule has 2 rings (SSSR count). The summed E-state index contributed by atoms with van der Waals surface area (Å²) < 4.78 is 0. The van der Waals surface area contributed by atoms with E-state index >= 15 is 0 Å². The summed E-state index contributed by atoms with van der Waals surface area (Å²) >= 11 is 0. The molecule has 1 aliphatic heterocycles. The first-order chi connectivity index (χ1) is 8.93. The second kappa shape index (κ2) is 5.49. The van der Waals surface area contributed by atoms with Gasteiger partial charge >= 0.3 is 0 Å². The molecule has 5 nitrogen and oxygen atoms in total. The molecular formula is C14H24N2O3. The number of carbonyl (C=O) groups is 2. The average molecular weight is 268 g/mol. The van der Waals surface area contributed by atoms with Crippen LogP contribution >= 0.6 is 0 Å². The van der Waals surface area contributed by atoms with Gasteiger partial charge in [-0.25, -0.2) is 0 Å². The van der Waals surface area contributed by atoms with E-state index in [2.05, 4.69) is 5.32 Å². The smallest absolute Gasteiger partial charge is 0.225 e. The Morgan fingerprint density at radius 2 is 2.16 bits per heavy atom. The predicted octanol–water partition coefficient (Wildman–Crippen LogP) is 0.522. The number of hydrogen-bond acceptors (Lipinski definition) is 3. The van der Waals surface area contributed by atoms with E-state index < -0.39 is 0 Å². The molecule has 0 spiro atoms. The van der Waals surface area contributed by atoms with Crippen LogP contribution in [0.1, 0.15) is 39.5 Å². The summed E-state index contributed by atoms with van der Waals surface area (Å²) in [6.07, 6.45) is 3.18. The van der Waals surface area contributed by atoms with Crippen LogP contribution in [0.5, 0.6) is 0 Å². The molecular weight excluding hydrogens is 244 g/mol. The summed E-state index contributed by atoms with van der Waals surface area (Å²) in [5.74, 6) is -0.0993. The Hall–Kier alpha value is -1.10. The van der Waals surface area contributed by atoms with Gasteiger partial charge in [0.25, 0.3) is 0 Å². The first-order valence-corrected chi connectivity index (χ1v) is 7.11. The summed E-state index contributed by atoms with van der Waals surface area (Å²) in [6.45, 7) is 5.27. The van der Waals surface area contributed by atoms with Crippen LogP contribution in [-0.4, -0.2) is 47.6 Å². The van der Waals surface area contributed by atoms with Gasteiger partial charge in [0, 0.05) is 32.2 Å². The predicted molar refractivity (Wildman–Crippen MR) is 71.3 cm³/mol. The highest BCUT2D eigenvalue weighted by molar-refractivity contribution is 5.89. The van der Waals surface area contributed by atoms with Gasteiger partial charge in [-0.2, -0.15) is 0 Å². The topological polar surface area (TPSA) is 69.6 Å². The molecule has 2 amide bonds. The Balaban J connectivity index is 1.79. The van der Waals surface area contributed by atoms with Crippen molar-refractivity contribution in [3.8, 4) is 0 Å². The lowest BCUT2D eigenvalue weighted by Crippen LogP contribution is -2.39. The fourth-order valence-electron chi connectivity index (χ4n) is 2.51. The van der Waals surface area contributed by atoms with Crippen molar-refractivity contribution in [2.45, 2.75) is 45.6 Å². The monoisotopic (exact) mass is 268 g/mol. The van der Waals surface area contributed by atoms with Crippen LogP contribution in [0.15, 0.2) is 0 Å². The van der Waals surface area contributed by atoms with Crippen LogP contribution < -0.4 is 5.32 Å². The third kappa shape index (κ3) is 3.69. The van der Waals surface area contributed by atoms with Gasteiger partial charge in [0.05, 0.1) is 5.92 Å². The third-order valence-corrected chi connectivity index (χ3v) is 4.05. The van der Waals surface area contributed by atoms with Crippen molar-refractivity contribution in [1.29, 1.82) is 0 Å². The Morgan fingerprint density at radius 3 is 2.74 bits per heavy atom. The highest BCUT2D eigenvalue weighted by Gasteiger charge is 2.41. The van der Waals surface area contributed by atoms with Crippen molar-refractivity contribution in [2.75, 3.05) is 19.7 Å². The summed E-state index contributed by atoms with van der Waals surface area (Å²) in [6, 6.07) is 0.399. The van der Waals surface area contributed by atoms with Gasteiger partial charge in [-0.1, -0.05) is 13.8 Å². The van der Waals surface area contributed by atoms with Crippen molar-refractivity contribution >= 4 is 11.8 Å². The number of hydrogen-bond donors (Lipinski definition) is 2. The fourth-order valence-corrected chi connectivity index (χ4v) is 2.51. The zero-order valence-electron chi connectivity index (χ0n) is 11.8. The molecule has 5 heteroatoms. The van der Waals surface area contributed by atoms with Gasteiger partial charge < -0.3 is 15.3 Å². The number of amides is 2. The average Bonchev–Trinajstić information content (AvgIpc) is 3.10. The molecule has 19 heavy (non-hydrogen) atoms. The standard InChI is InChI=1S/C14H24N2O3/c1-14(2,5-6-17)9-15-13(19)10-7-12(18)16(8-10)11-3-4-11/h10-11,17H,3-9H2,1-2H3,(H,15,19). The van der Waals surface area contributed by atoms with E-state index in [1.165, 1.54) is 0 Å². The number of nitrogens with one attached hydrogen (secondary N) is 1. The molecule has 1 saturated heterocycles. The fraction of sp³-hybridized carbons (Fsp3) is 0.857. The number of aliphatic hydroxyl groups is 1. The molecule has 108 valence electrons. The lowest BCUT2D eigenvalue weighted by molar-refractivity contribution is -0.129. The summed E-state index contributed by atoms with van der Waals surface area (Å²) in [5, 5.41) is 11.9. The van der Waals surface area contributed by atoms with Crippen molar-refractivity contribution < 1.29 is 14.7 Å². The zero-order valence-corrected chi connectivity index (χ0v) is 11.8. The van der Waals surface area contributed by atoms with Gasteiger partial charge in [0.1, 0.15) is 0 Å². The van der Waals surface area contributed by atoms with Gasteiger partial charge in [0.2, 0.25) is 11.8 Å². The van der Waals surface area contributed by atoms with E-state index in [9.17, 15) is 9.59 Å². The minimum atomic E-state index is -0.196. The van der Waals surface area contributed by atoms with E-state index in [0.717, 1.165) is 12.8 Å². The van der Waals surface area contributed by atoms with E-state index in [1.54, 1.807) is 0 Å². The first-order valence-electron chi connectivity index (χ1n) is 7.11. The molecule has 1 heterocycles. The second-order valence-corrected chi connectivity index (χ2v) is 6.53. The van der Waals surface area contributed by atoms with Crippen LogP contribution in [0.2, 0.25) is 0 Å². The maximum atomic E-state index is 12.1. The maximum Gasteiger partial charge on any atom is 0.225 e. The number of nitrogens with zero attached hydrogens (tertiary/aromatic N) is 1. The SMILES string of the molecule is CC(C)(CCO)CNC(=O)C1CC(=O)N(C2CC2)C1. The Kier molecular flexibility index (Phi) is 4.13. The lowest BCUT2D eigenvalue weighted by Gasteiger charge is -2.24. The van der Waals surface area contributed by atoms with Gasteiger partial charge in [-0.15, -0.1) is 0 Å². The van der Waals surface area contributed by atoms with Crippen LogP contribution in [0, 0.1) is 11.3 Å². The normalized spacial score (nSPS) is 23.8. The van der Waals surface area contributed by atoms with Crippen LogP contribution in [0.3, 0.4) is 0 Å². The van der Waals surface area contributed by atoms with E-state index in [-0.39, 0.29) is 29.8 Å². The Morgan fingerprint density at radius 1 is 1.47 bits per heavy atom. The molecule has 0 aromatic heterocycles. The van der Waals surface area contributed by atoms with Crippen LogP contribution in [-0.2, 0) is 9.59 Å². The molecule has 1 unspecified atom stereocenters. The van der Waals surface area contributed by atoms with E-state index in [1.807, 2.05) is 18.7 Å². The molecule has 1 aliphatic carbocycles. The first kappa shape index (κ1) is 14.3. The zero-order chi connectivity index (χ0) is 14.0. The lowest BCUT2D eigenvalue weighted by atomic mass is 9.89. The maximum absolute atomic E-state index is 12.1. The van der Waals surface area contributed by atoms with E-state index in [0.29, 0.717) is 32.0 Å². The minimum absolute atomic E-state index is 0.0254. The molecule has 0 bridgehead atoms. The molecule has 0 aromatic carbocycles. The Bertz CT molecular complexity index is 364. The number of rotatable bonds is 6. The Labute approximate surface area is 114 Å². The largest absolute Gasteiger partial charge is 0.396 e. The molecule has 2 N–H and O–H groups in total. The quantitative estimate of drug-likeness (QED) is 0.738. The molecule has 2 fully saturated rings. The number of likely N-dealkylation sites (tertiary alicyclic amines) is 1. The molecule has 0 radical (unpaired) electrons. The van der Waals surface area contributed by atoms with Gasteiger partial charge in [-0.3, -0.25) is 9.59 Å². The minimum Gasteiger partial charge on any atom is -0.396 e. The number of aliphatic hydroxyl groups excluding tert-OH is 1. The summed E-state index contributed by atoms with van der Waals surface area (Å²) in [4.78, 5) is 25.7. The number of carbonyl (C=O) groups excluding carboxylic acids is 2. The molecule has 1 saturated carbocycles. The summed E-state index contributed by atoms with van der Waals surface area (Å²) in [7, 11) is 0. The molecule has 2 aliphatic rings. The van der Waals surface area contributed by atoms with Crippen molar-refractivity contribution in [3.05, 3.63) is 0 Å². The van der Waals surface area contributed by atoms with Crippen LogP contribution in [0.4, 0.5) is 0 Å². The highest BCUT2D eigenvalue weighted by atomic mass is 16.3. The van der Waals surface area contributed by atoms with E-state index in [4.69, 9.17) is 5.11 Å². The molecule has 1 atom stereocenters. The highest BCUT2D eigenvalue weighted by Crippen LogP contribution is 2.32. The van der Waals surface area contributed by atoms with Crippen LogP contribution in [0.25, 0.3) is 0 Å².